The average molecular weight is 563 g/mol. The maximum Gasteiger partial charge on any atom is 0.248 e. The maximum atomic E-state index is 6.22. The molecule has 39 heavy (non-hydrogen) atoms. The Balaban J connectivity index is 0.940. The lowest BCUT2D eigenvalue weighted by atomic mass is 9.94. The summed E-state index contributed by atoms with van der Waals surface area (Å²) in [6.45, 7) is 6.71. The van der Waals surface area contributed by atoms with Crippen LogP contribution in [-0.4, -0.2) is 66.8 Å². The summed E-state index contributed by atoms with van der Waals surface area (Å²) in [6.07, 6.45) is 7.72. The lowest BCUT2D eigenvalue weighted by Crippen LogP contribution is -2.39. The minimum absolute atomic E-state index is 0.146. The Bertz CT molecular complexity index is 1540. The Labute approximate surface area is 235 Å². The van der Waals surface area contributed by atoms with E-state index >= 15 is 0 Å². The number of nitrogens with zero attached hydrogens (tertiary/aromatic N) is 8. The summed E-state index contributed by atoms with van der Waals surface area (Å²) in [7, 11) is 0. The number of likely N-dealkylation sites (tertiary alicyclic amines) is 1. The summed E-state index contributed by atoms with van der Waals surface area (Å²) in [5.41, 5.74) is 8.85. The number of halogens is 1. The fourth-order valence-electron chi connectivity index (χ4n) is 7.59. The van der Waals surface area contributed by atoms with Crippen molar-refractivity contribution >= 4 is 56.6 Å². The summed E-state index contributed by atoms with van der Waals surface area (Å²) < 4.78 is 2.36. The molecule has 4 aromatic heterocycles. The number of aromatic nitrogens is 6. The summed E-state index contributed by atoms with van der Waals surface area (Å²) in [6, 6.07) is 4.97. The molecule has 8 rings (SSSR count). The molecular weight excluding hydrogens is 532 g/mol. The molecule has 2 bridgehead atoms. The monoisotopic (exact) mass is 562 g/mol. The molecule has 0 amide bonds. The number of pyridine rings is 1. The first-order chi connectivity index (χ1) is 19.0. The molecule has 5 atom stereocenters. The number of hydrogen-bond donors (Lipinski definition) is 2. The van der Waals surface area contributed by atoms with Gasteiger partial charge in [-0.25, -0.2) is 9.97 Å². The van der Waals surface area contributed by atoms with Crippen LogP contribution in [0.25, 0.3) is 16.0 Å². The van der Waals surface area contributed by atoms with Crippen LogP contribution >= 0.6 is 22.9 Å². The number of thiophene rings is 1. The Hall–Kier alpha value is -3.02. The zero-order chi connectivity index (χ0) is 26.2. The summed E-state index contributed by atoms with van der Waals surface area (Å²) in [5.74, 6) is 5.64. The number of aryl methyl sites for hydroxylation is 1. The standard InChI is InChI=1S/C27H31ClN10S/c1-14-13-39-23-22(14)32-25(28)33-24(23)38-26(29)34-27(35-38)31-19-4-5-21(30-8-19)37-11-17-9-36(10-18(17)12-37)20-7-15-2-3-16(20)6-15/h4-5,8,13,15-18,20H,2-3,6-7,9-12H2,1H3,(H3,29,31,34,35). The molecule has 4 aliphatic rings. The van der Waals surface area contributed by atoms with E-state index in [4.69, 9.17) is 22.3 Å². The maximum absolute atomic E-state index is 6.22. The van der Waals surface area contributed by atoms with E-state index in [-0.39, 0.29) is 11.2 Å². The van der Waals surface area contributed by atoms with Crippen molar-refractivity contribution in [3.8, 4) is 5.82 Å². The van der Waals surface area contributed by atoms with Crippen LogP contribution < -0.4 is 16.0 Å². The molecule has 4 aromatic rings. The second-order valence-electron chi connectivity index (χ2n) is 11.8. The average Bonchev–Trinajstić information content (AvgIpc) is 3.76. The Kier molecular flexibility index (Phi) is 5.50. The molecule has 2 saturated heterocycles. The van der Waals surface area contributed by atoms with Crippen molar-refractivity contribution < 1.29 is 0 Å². The molecule has 2 aliphatic carbocycles. The number of nitrogen functional groups attached to an aromatic ring is 1. The molecule has 202 valence electrons. The molecule has 2 aliphatic heterocycles. The third-order valence-electron chi connectivity index (χ3n) is 9.39. The van der Waals surface area contributed by atoms with Gasteiger partial charge in [-0.05, 0) is 84.5 Å². The van der Waals surface area contributed by atoms with E-state index in [1.54, 1.807) is 0 Å². The number of anilines is 4. The molecule has 10 nitrogen and oxygen atoms in total. The number of rotatable bonds is 5. The van der Waals surface area contributed by atoms with Crippen LogP contribution in [0.4, 0.5) is 23.4 Å². The lowest BCUT2D eigenvalue weighted by Gasteiger charge is -2.32. The number of nitrogens with two attached hydrogens (primary N) is 1. The molecule has 0 spiro atoms. The van der Waals surface area contributed by atoms with E-state index in [0.29, 0.717) is 11.8 Å². The van der Waals surface area contributed by atoms with E-state index in [0.717, 1.165) is 70.1 Å². The second kappa shape index (κ2) is 9.00. The van der Waals surface area contributed by atoms with Gasteiger partial charge in [0.2, 0.25) is 17.2 Å². The molecule has 4 fully saturated rings. The highest BCUT2D eigenvalue weighted by Gasteiger charge is 2.48. The zero-order valence-corrected chi connectivity index (χ0v) is 23.4. The van der Waals surface area contributed by atoms with Crippen molar-refractivity contribution in [2.75, 3.05) is 42.1 Å². The zero-order valence-electron chi connectivity index (χ0n) is 21.8. The Morgan fingerprint density at radius 1 is 1.03 bits per heavy atom. The second-order valence-corrected chi connectivity index (χ2v) is 13.0. The van der Waals surface area contributed by atoms with Gasteiger partial charge in [0.15, 0.2) is 5.82 Å². The van der Waals surface area contributed by atoms with Gasteiger partial charge in [0.1, 0.15) is 5.82 Å². The summed E-state index contributed by atoms with van der Waals surface area (Å²) in [5, 5.41) is 9.94. The van der Waals surface area contributed by atoms with Crippen molar-refractivity contribution in [1.29, 1.82) is 0 Å². The molecular formula is C27H31ClN10S. The van der Waals surface area contributed by atoms with Gasteiger partial charge in [0.25, 0.3) is 0 Å². The first-order valence-corrected chi connectivity index (χ1v) is 15.1. The van der Waals surface area contributed by atoms with Crippen LogP contribution in [0.3, 0.4) is 0 Å². The van der Waals surface area contributed by atoms with Crippen LogP contribution in [-0.2, 0) is 0 Å². The van der Waals surface area contributed by atoms with Crippen molar-refractivity contribution in [1.82, 2.24) is 34.6 Å². The quantitative estimate of drug-likeness (QED) is 0.339. The first kappa shape index (κ1) is 23.8. The molecule has 6 heterocycles. The number of hydrogen-bond acceptors (Lipinski definition) is 10. The normalized spacial score (nSPS) is 28.2. The fraction of sp³-hybridized carbons (Fsp3) is 0.519. The van der Waals surface area contributed by atoms with Crippen molar-refractivity contribution in [2.24, 2.45) is 23.7 Å². The third-order valence-corrected chi connectivity index (χ3v) is 10.6. The van der Waals surface area contributed by atoms with E-state index in [2.05, 4.69) is 41.2 Å². The van der Waals surface area contributed by atoms with Crippen LogP contribution in [0.15, 0.2) is 23.7 Å². The first-order valence-electron chi connectivity index (χ1n) is 13.8. The van der Waals surface area contributed by atoms with Crippen molar-refractivity contribution in [2.45, 2.75) is 38.6 Å². The van der Waals surface area contributed by atoms with E-state index in [1.165, 1.54) is 54.8 Å². The predicted octanol–water partition coefficient (Wildman–Crippen LogP) is 4.51. The molecule has 0 radical (unpaired) electrons. The fourth-order valence-corrected chi connectivity index (χ4v) is 8.72. The van der Waals surface area contributed by atoms with Crippen LogP contribution in [0.5, 0.6) is 0 Å². The molecule has 12 heteroatoms. The van der Waals surface area contributed by atoms with E-state index in [9.17, 15) is 0 Å². The van der Waals surface area contributed by atoms with Crippen molar-refractivity contribution in [3.05, 3.63) is 34.6 Å². The highest BCUT2D eigenvalue weighted by Crippen LogP contribution is 2.48. The predicted molar refractivity (Wildman–Crippen MR) is 154 cm³/mol. The SMILES string of the molecule is Cc1csc2c(-n3nc(Nc4ccc(N5CC6CN(C7CC8CCC7C8)CC6C5)nc4)nc3N)nc(Cl)nc12. The van der Waals surface area contributed by atoms with Gasteiger partial charge in [-0.3, -0.25) is 4.90 Å². The highest BCUT2D eigenvalue weighted by molar-refractivity contribution is 7.17. The van der Waals surface area contributed by atoms with E-state index < -0.39 is 0 Å². The Morgan fingerprint density at radius 2 is 1.87 bits per heavy atom. The topological polar surface area (TPSA) is 114 Å². The van der Waals surface area contributed by atoms with Gasteiger partial charge in [0.05, 0.1) is 22.1 Å². The minimum Gasteiger partial charge on any atom is -0.368 e. The van der Waals surface area contributed by atoms with Crippen LogP contribution in [0, 0.1) is 30.6 Å². The molecule has 2 saturated carbocycles. The molecule has 5 unspecified atom stereocenters. The lowest BCUT2D eigenvalue weighted by molar-refractivity contribution is 0.165. The van der Waals surface area contributed by atoms with Gasteiger partial charge >= 0.3 is 0 Å². The van der Waals surface area contributed by atoms with Crippen LogP contribution in [0.2, 0.25) is 5.28 Å². The number of nitrogens with one attached hydrogen (secondary N) is 1. The van der Waals surface area contributed by atoms with Gasteiger partial charge < -0.3 is 16.0 Å². The third kappa shape index (κ3) is 4.05. The summed E-state index contributed by atoms with van der Waals surface area (Å²) in [4.78, 5) is 23.2. The van der Waals surface area contributed by atoms with Gasteiger partial charge in [-0.15, -0.1) is 16.4 Å². The van der Waals surface area contributed by atoms with E-state index in [1.807, 2.05) is 24.6 Å². The van der Waals surface area contributed by atoms with Crippen LogP contribution in [0.1, 0.15) is 31.2 Å². The van der Waals surface area contributed by atoms with Gasteiger partial charge in [-0.2, -0.15) is 14.6 Å². The number of fused-ring (bicyclic) bond motifs is 4. The van der Waals surface area contributed by atoms with Gasteiger partial charge in [0, 0.05) is 32.2 Å². The van der Waals surface area contributed by atoms with Gasteiger partial charge in [-0.1, -0.05) is 6.42 Å². The Morgan fingerprint density at radius 3 is 2.59 bits per heavy atom. The minimum atomic E-state index is 0.146. The molecule has 3 N–H and O–H groups in total. The smallest absolute Gasteiger partial charge is 0.248 e. The molecule has 0 aromatic carbocycles. The largest absolute Gasteiger partial charge is 0.368 e. The van der Waals surface area contributed by atoms with Crippen molar-refractivity contribution in [3.63, 3.8) is 0 Å². The highest BCUT2D eigenvalue weighted by atomic mass is 35.5. The summed E-state index contributed by atoms with van der Waals surface area (Å²) >= 11 is 7.72.